The second kappa shape index (κ2) is 11.0. The lowest BCUT2D eigenvalue weighted by Gasteiger charge is -2.27. The topological polar surface area (TPSA) is 84.9 Å². The normalized spacial score (nSPS) is 14.5. The van der Waals surface area contributed by atoms with E-state index >= 15 is 0 Å². The summed E-state index contributed by atoms with van der Waals surface area (Å²) in [7, 11) is -3.74. The molecule has 4 rings (SSSR count). The van der Waals surface area contributed by atoms with Crippen molar-refractivity contribution in [2.75, 3.05) is 31.6 Å². The summed E-state index contributed by atoms with van der Waals surface area (Å²) in [5, 5.41) is 2.89. The number of nitrogens with zero attached hydrogens (tertiary/aromatic N) is 1. The first-order valence-electron chi connectivity index (χ1n) is 11.7. The number of nitrogens with one attached hydrogen (secondary N) is 1. The lowest BCUT2D eigenvalue weighted by atomic mass is 10.1. The standard InChI is InChI=1S/C27H30N2O5S/c1-3-22-10-11-23(18-26(22)35(31,32)29-13-15-33-16-14-29)27(30)28-24-12-9-20(2)17-25(24)34-19-21-7-5-4-6-8-21/h4-12,17-18H,3,13-16,19H2,1-2H3,(H,28,30). The van der Waals surface area contributed by atoms with Gasteiger partial charge < -0.3 is 14.8 Å². The van der Waals surface area contributed by atoms with Crippen LogP contribution in [-0.4, -0.2) is 44.9 Å². The van der Waals surface area contributed by atoms with Crippen molar-refractivity contribution in [3.63, 3.8) is 0 Å². The molecular formula is C27H30N2O5S. The maximum absolute atomic E-state index is 13.3. The third-order valence-electron chi connectivity index (χ3n) is 5.92. The van der Waals surface area contributed by atoms with Crippen molar-refractivity contribution in [1.82, 2.24) is 4.31 Å². The van der Waals surface area contributed by atoms with Crippen molar-refractivity contribution in [3.05, 3.63) is 89.0 Å². The van der Waals surface area contributed by atoms with Gasteiger partial charge in [-0.2, -0.15) is 4.31 Å². The van der Waals surface area contributed by atoms with Crippen LogP contribution in [0, 0.1) is 6.92 Å². The molecule has 0 unspecified atom stereocenters. The molecule has 1 aliphatic rings. The van der Waals surface area contributed by atoms with E-state index in [1.54, 1.807) is 18.2 Å². The number of hydrogen-bond donors (Lipinski definition) is 1. The fraction of sp³-hybridized carbons (Fsp3) is 0.296. The van der Waals surface area contributed by atoms with Crippen LogP contribution in [-0.2, 0) is 27.8 Å². The smallest absolute Gasteiger partial charge is 0.255 e. The third kappa shape index (κ3) is 5.90. The van der Waals surface area contributed by atoms with E-state index in [9.17, 15) is 13.2 Å². The van der Waals surface area contributed by atoms with Crippen LogP contribution in [0.4, 0.5) is 5.69 Å². The molecule has 35 heavy (non-hydrogen) atoms. The minimum Gasteiger partial charge on any atom is -0.487 e. The van der Waals surface area contributed by atoms with Crippen LogP contribution in [0.2, 0.25) is 0 Å². The average molecular weight is 495 g/mol. The number of carbonyl (C=O) groups is 1. The minimum absolute atomic E-state index is 0.166. The summed E-state index contributed by atoms with van der Waals surface area (Å²) in [6.45, 7) is 5.53. The maximum Gasteiger partial charge on any atom is 0.255 e. The molecule has 0 atom stereocenters. The average Bonchev–Trinajstić information content (AvgIpc) is 2.89. The van der Waals surface area contributed by atoms with Crippen molar-refractivity contribution in [2.45, 2.75) is 31.8 Å². The Labute approximate surface area is 206 Å². The highest BCUT2D eigenvalue weighted by Crippen LogP contribution is 2.28. The Hall–Kier alpha value is -3.20. The van der Waals surface area contributed by atoms with Crippen LogP contribution in [0.15, 0.2) is 71.6 Å². The summed E-state index contributed by atoms with van der Waals surface area (Å²) < 4.78 is 39.4. The summed E-state index contributed by atoms with van der Waals surface area (Å²) in [4.78, 5) is 13.4. The highest BCUT2D eigenvalue weighted by molar-refractivity contribution is 7.89. The fourth-order valence-electron chi connectivity index (χ4n) is 3.94. The number of aryl methyl sites for hydroxylation is 2. The molecule has 0 saturated carbocycles. The highest BCUT2D eigenvalue weighted by Gasteiger charge is 2.29. The van der Waals surface area contributed by atoms with Crippen molar-refractivity contribution in [1.29, 1.82) is 0 Å². The summed E-state index contributed by atoms with van der Waals surface area (Å²) in [6.07, 6.45) is 0.538. The molecule has 1 saturated heterocycles. The van der Waals surface area contributed by atoms with Gasteiger partial charge in [-0.25, -0.2) is 8.42 Å². The van der Waals surface area contributed by atoms with Gasteiger partial charge in [0, 0.05) is 18.7 Å². The number of ether oxygens (including phenoxy) is 2. The van der Waals surface area contributed by atoms with Gasteiger partial charge in [-0.3, -0.25) is 4.79 Å². The van der Waals surface area contributed by atoms with Gasteiger partial charge in [0.05, 0.1) is 23.8 Å². The second-order valence-corrected chi connectivity index (χ2v) is 10.3. The molecule has 8 heteroatoms. The predicted octanol–water partition coefficient (Wildman–Crippen LogP) is 4.41. The molecule has 0 radical (unpaired) electrons. The van der Waals surface area contributed by atoms with Gasteiger partial charge in [0.25, 0.3) is 5.91 Å². The summed E-state index contributed by atoms with van der Waals surface area (Å²) in [5.41, 5.74) is 3.48. The largest absolute Gasteiger partial charge is 0.487 e. The molecule has 1 N–H and O–H groups in total. The predicted molar refractivity (Wildman–Crippen MR) is 135 cm³/mol. The first-order valence-corrected chi connectivity index (χ1v) is 13.1. The Balaban J connectivity index is 1.58. The van der Waals surface area contributed by atoms with E-state index in [0.29, 0.717) is 56.3 Å². The summed E-state index contributed by atoms with van der Waals surface area (Å²) in [5.74, 6) is 0.146. The van der Waals surface area contributed by atoms with Crippen molar-refractivity contribution in [3.8, 4) is 5.75 Å². The number of benzene rings is 3. The van der Waals surface area contributed by atoms with Gasteiger partial charge in [-0.1, -0.05) is 49.4 Å². The Morgan fingerprint density at radius 2 is 1.77 bits per heavy atom. The zero-order chi connectivity index (χ0) is 24.8. The van der Waals surface area contributed by atoms with Crippen LogP contribution < -0.4 is 10.1 Å². The van der Waals surface area contributed by atoms with E-state index in [2.05, 4.69) is 5.32 Å². The molecule has 1 aliphatic heterocycles. The molecule has 184 valence electrons. The summed E-state index contributed by atoms with van der Waals surface area (Å²) >= 11 is 0. The molecule has 7 nitrogen and oxygen atoms in total. The van der Waals surface area contributed by atoms with Crippen LogP contribution in [0.1, 0.15) is 34.0 Å². The van der Waals surface area contributed by atoms with E-state index in [0.717, 1.165) is 11.1 Å². The monoisotopic (exact) mass is 494 g/mol. The lowest BCUT2D eigenvalue weighted by Crippen LogP contribution is -2.41. The SMILES string of the molecule is CCc1ccc(C(=O)Nc2ccc(C)cc2OCc2ccccc2)cc1S(=O)(=O)N1CCOCC1. The van der Waals surface area contributed by atoms with Gasteiger partial charge in [0.2, 0.25) is 10.0 Å². The van der Waals surface area contributed by atoms with Gasteiger partial charge >= 0.3 is 0 Å². The van der Waals surface area contributed by atoms with Gasteiger partial charge in [0.15, 0.2) is 0 Å². The lowest BCUT2D eigenvalue weighted by molar-refractivity contribution is 0.0730. The van der Waals surface area contributed by atoms with Gasteiger partial charge in [-0.05, 0) is 54.3 Å². The zero-order valence-electron chi connectivity index (χ0n) is 20.0. The number of morpholine rings is 1. The minimum atomic E-state index is -3.74. The zero-order valence-corrected chi connectivity index (χ0v) is 20.8. The first-order chi connectivity index (χ1) is 16.9. The van der Waals surface area contributed by atoms with Crippen LogP contribution in [0.5, 0.6) is 5.75 Å². The number of sulfonamides is 1. The Morgan fingerprint density at radius 3 is 2.49 bits per heavy atom. The van der Waals surface area contributed by atoms with E-state index in [-0.39, 0.29) is 10.5 Å². The van der Waals surface area contributed by atoms with E-state index in [1.807, 2.05) is 56.3 Å². The Bertz CT molecular complexity index is 1290. The highest BCUT2D eigenvalue weighted by atomic mass is 32.2. The van der Waals surface area contributed by atoms with Crippen molar-refractivity contribution in [2.24, 2.45) is 0 Å². The third-order valence-corrected chi connectivity index (χ3v) is 7.90. The quantitative estimate of drug-likeness (QED) is 0.501. The van der Waals surface area contributed by atoms with Crippen LogP contribution in [0.25, 0.3) is 0 Å². The molecule has 1 heterocycles. The molecular weight excluding hydrogens is 464 g/mol. The molecule has 0 aliphatic carbocycles. The van der Waals surface area contributed by atoms with Gasteiger partial charge in [-0.15, -0.1) is 0 Å². The summed E-state index contributed by atoms with van der Waals surface area (Å²) in [6, 6.07) is 20.2. The number of anilines is 1. The Morgan fingerprint density at radius 1 is 1.03 bits per heavy atom. The van der Waals surface area contributed by atoms with Crippen LogP contribution >= 0.6 is 0 Å². The molecule has 0 spiro atoms. The molecule has 0 bridgehead atoms. The number of carbonyl (C=O) groups excluding carboxylic acids is 1. The number of rotatable bonds is 8. The van der Waals surface area contributed by atoms with E-state index in [1.165, 1.54) is 10.4 Å². The second-order valence-electron chi connectivity index (χ2n) is 8.42. The molecule has 1 fully saturated rings. The van der Waals surface area contributed by atoms with Crippen LogP contribution in [0.3, 0.4) is 0 Å². The first kappa shape index (κ1) is 24.9. The number of amides is 1. The number of hydrogen-bond acceptors (Lipinski definition) is 5. The Kier molecular flexibility index (Phi) is 7.85. The fourth-order valence-corrected chi connectivity index (χ4v) is 5.66. The van der Waals surface area contributed by atoms with Crippen molar-refractivity contribution < 1.29 is 22.7 Å². The van der Waals surface area contributed by atoms with Crippen molar-refractivity contribution >= 4 is 21.6 Å². The molecule has 3 aromatic rings. The molecule has 3 aromatic carbocycles. The van der Waals surface area contributed by atoms with Gasteiger partial charge in [0.1, 0.15) is 12.4 Å². The maximum atomic E-state index is 13.3. The molecule has 1 amide bonds. The van der Waals surface area contributed by atoms with E-state index < -0.39 is 15.9 Å². The molecule has 0 aromatic heterocycles. The van der Waals surface area contributed by atoms with E-state index in [4.69, 9.17) is 9.47 Å².